The van der Waals surface area contributed by atoms with Crippen molar-refractivity contribution in [1.82, 2.24) is 10.3 Å². The molecule has 0 bridgehead atoms. The molecular formula is C16H28N2O3S. The summed E-state index contributed by atoms with van der Waals surface area (Å²) < 4.78 is 30.0. The van der Waals surface area contributed by atoms with Crippen LogP contribution >= 0.6 is 0 Å². The monoisotopic (exact) mass is 328 g/mol. The molecule has 0 aromatic carbocycles. The summed E-state index contributed by atoms with van der Waals surface area (Å²) in [5, 5.41) is 3.17. The van der Waals surface area contributed by atoms with E-state index in [9.17, 15) is 8.42 Å². The molecule has 0 saturated carbocycles. The molecular weight excluding hydrogens is 300 g/mol. The molecule has 0 aliphatic heterocycles. The van der Waals surface area contributed by atoms with Gasteiger partial charge in [0.25, 0.3) is 0 Å². The average molecular weight is 328 g/mol. The van der Waals surface area contributed by atoms with E-state index in [0.717, 1.165) is 0 Å². The highest BCUT2D eigenvalue weighted by Gasteiger charge is 2.17. The van der Waals surface area contributed by atoms with Gasteiger partial charge < -0.3 is 10.1 Å². The van der Waals surface area contributed by atoms with E-state index in [-0.39, 0.29) is 21.6 Å². The molecule has 1 rings (SSSR count). The van der Waals surface area contributed by atoms with Crippen LogP contribution in [0.25, 0.3) is 0 Å². The van der Waals surface area contributed by atoms with Gasteiger partial charge in [0.2, 0.25) is 5.88 Å². The van der Waals surface area contributed by atoms with Crippen molar-refractivity contribution in [2.45, 2.75) is 52.0 Å². The van der Waals surface area contributed by atoms with Crippen LogP contribution < -0.4 is 10.1 Å². The predicted octanol–water partition coefficient (Wildman–Crippen LogP) is 2.67. The van der Waals surface area contributed by atoms with Gasteiger partial charge in [-0.1, -0.05) is 20.8 Å². The van der Waals surface area contributed by atoms with Gasteiger partial charge in [-0.3, -0.25) is 0 Å². The fourth-order valence-corrected chi connectivity index (χ4v) is 2.70. The summed E-state index contributed by atoms with van der Waals surface area (Å²) in [5.41, 5.74) is -0.0660. The molecule has 0 aliphatic carbocycles. The van der Waals surface area contributed by atoms with E-state index >= 15 is 0 Å². The zero-order valence-corrected chi connectivity index (χ0v) is 15.3. The summed E-state index contributed by atoms with van der Waals surface area (Å²) in [4.78, 5) is 4.31. The molecule has 6 heteroatoms. The first-order valence-corrected chi connectivity index (χ1v) is 9.11. The first-order valence-electron chi connectivity index (χ1n) is 7.46. The zero-order valence-electron chi connectivity index (χ0n) is 14.4. The molecule has 1 heterocycles. The van der Waals surface area contributed by atoms with E-state index in [1.54, 1.807) is 12.1 Å². The van der Waals surface area contributed by atoms with E-state index < -0.39 is 9.84 Å². The van der Waals surface area contributed by atoms with Gasteiger partial charge in [0, 0.05) is 24.3 Å². The van der Waals surface area contributed by atoms with Crippen LogP contribution in [0.15, 0.2) is 23.2 Å². The van der Waals surface area contributed by atoms with Gasteiger partial charge in [-0.25, -0.2) is 13.4 Å². The molecule has 1 aromatic rings. The molecule has 0 unspecified atom stereocenters. The highest BCUT2D eigenvalue weighted by Crippen LogP contribution is 2.18. The van der Waals surface area contributed by atoms with Gasteiger partial charge in [0.05, 0.1) is 17.3 Å². The molecule has 1 aromatic heterocycles. The van der Waals surface area contributed by atoms with Crippen LogP contribution in [0.4, 0.5) is 0 Å². The summed E-state index contributed by atoms with van der Waals surface area (Å²) in [6, 6.07) is 3.16. The third kappa shape index (κ3) is 7.22. The Kier molecular flexibility index (Phi) is 5.98. The van der Waals surface area contributed by atoms with Crippen LogP contribution in [0.1, 0.15) is 41.5 Å². The number of sulfone groups is 1. The topological polar surface area (TPSA) is 68.3 Å². The molecule has 126 valence electrons. The number of ether oxygens (including phenoxy) is 1. The molecule has 0 saturated heterocycles. The van der Waals surface area contributed by atoms with Crippen molar-refractivity contribution in [2.75, 3.05) is 18.9 Å². The molecule has 0 fully saturated rings. The fraction of sp³-hybridized carbons (Fsp3) is 0.688. The molecule has 0 amide bonds. The Bertz CT molecular complexity index is 567. The highest BCUT2D eigenvalue weighted by atomic mass is 32.2. The molecule has 22 heavy (non-hydrogen) atoms. The number of hydrogen-bond acceptors (Lipinski definition) is 5. The number of hydrogen-bond donors (Lipinski definition) is 1. The number of aromatic nitrogens is 1. The van der Waals surface area contributed by atoms with E-state index in [2.05, 4.69) is 31.1 Å². The molecule has 0 aliphatic rings. The van der Waals surface area contributed by atoms with Crippen LogP contribution in [-0.4, -0.2) is 37.8 Å². The van der Waals surface area contributed by atoms with Crippen molar-refractivity contribution in [2.24, 2.45) is 5.41 Å². The Morgan fingerprint density at radius 1 is 1.14 bits per heavy atom. The SMILES string of the molecule is CC(C)(C)COc1ccc(S(=O)(=O)CCNC(C)(C)C)cn1. The first-order chi connectivity index (χ1) is 9.89. The average Bonchev–Trinajstić information content (AvgIpc) is 2.34. The summed E-state index contributed by atoms with van der Waals surface area (Å²) in [6.45, 7) is 13.1. The van der Waals surface area contributed by atoms with Crippen LogP contribution in [-0.2, 0) is 9.84 Å². The largest absolute Gasteiger partial charge is 0.477 e. The van der Waals surface area contributed by atoms with Crippen molar-refractivity contribution >= 4 is 9.84 Å². The third-order valence-electron chi connectivity index (χ3n) is 2.75. The maximum Gasteiger partial charge on any atom is 0.213 e. The van der Waals surface area contributed by atoms with Gasteiger partial charge in [-0.05, 0) is 32.3 Å². The maximum atomic E-state index is 12.2. The minimum absolute atomic E-state index is 0.0328. The third-order valence-corrected chi connectivity index (χ3v) is 4.45. The van der Waals surface area contributed by atoms with Crippen LogP contribution in [0.2, 0.25) is 0 Å². The lowest BCUT2D eigenvalue weighted by molar-refractivity contribution is 0.191. The second-order valence-electron chi connectivity index (χ2n) is 7.68. The van der Waals surface area contributed by atoms with Gasteiger partial charge in [-0.15, -0.1) is 0 Å². The molecule has 5 nitrogen and oxygen atoms in total. The minimum Gasteiger partial charge on any atom is -0.477 e. The van der Waals surface area contributed by atoms with Crippen LogP contribution in [0.3, 0.4) is 0 Å². The number of nitrogens with zero attached hydrogens (tertiary/aromatic N) is 1. The first kappa shape index (κ1) is 18.9. The van der Waals surface area contributed by atoms with E-state index in [1.807, 2.05) is 20.8 Å². The van der Waals surface area contributed by atoms with Gasteiger partial charge in [0.1, 0.15) is 0 Å². The van der Waals surface area contributed by atoms with Gasteiger partial charge in [0.15, 0.2) is 9.84 Å². The van der Waals surface area contributed by atoms with Crippen molar-refractivity contribution < 1.29 is 13.2 Å². The smallest absolute Gasteiger partial charge is 0.213 e. The molecule has 0 spiro atoms. The second-order valence-corrected chi connectivity index (χ2v) is 9.79. The lowest BCUT2D eigenvalue weighted by Crippen LogP contribution is -2.38. The van der Waals surface area contributed by atoms with E-state index in [1.165, 1.54) is 6.20 Å². The van der Waals surface area contributed by atoms with E-state index in [4.69, 9.17) is 4.74 Å². The van der Waals surface area contributed by atoms with Crippen LogP contribution in [0.5, 0.6) is 5.88 Å². The standard InChI is InChI=1S/C16H28N2O3S/c1-15(2,3)12-21-14-8-7-13(11-17-14)22(19,20)10-9-18-16(4,5)6/h7-8,11,18H,9-10,12H2,1-6H3. The lowest BCUT2D eigenvalue weighted by Gasteiger charge is -2.20. The normalized spacial score (nSPS) is 13.2. The quantitative estimate of drug-likeness (QED) is 0.869. The number of rotatable bonds is 6. The summed E-state index contributed by atoms with van der Waals surface area (Å²) in [6.07, 6.45) is 1.37. The van der Waals surface area contributed by atoms with E-state index in [0.29, 0.717) is 19.0 Å². The Hall–Kier alpha value is -1.14. The Labute approximate surface area is 134 Å². The van der Waals surface area contributed by atoms with Crippen molar-refractivity contribution in [3.8, 4) is 5.88 Å². The Balaban J connectivity index is 2.65. The minimum atomic E-state index is -3.32. The summed E-state index contributed by atoms with van der Waals surface area (Å²) in [7, 11) is -3.32. The Morgan fingerprint density at radius 2 is 1.77 bits per heavy atom. The molecule has 0 radical (unpaired) electrons. The van der Waals surface area contributed by atoms with Crippen molar-refractivity contribution in [1.29, 1.82) is 0 Å². The number of pyridine rings is 1. The second kappa shape index (κ2) is 6.96. The summed E-state index contributed by atoms with van der Waals surface area (Å²) in [5.74, 6) is 0.496. The predicted molar refractivity (Wildman–Crippen MR) is 89.0 cm³/mol. The number of nitrogens with one attached hydrogen (secondary N) is 1. The molecule has 1 N–H and O–H groups in total. The lowest BCUT2D eigenvalue weighted by atomic mass is 9.99. The highest BCUT2D eigenvalue weighted by molar-refractivity contribution is 7.91. The van der Waals surface area contributed by atoms with Gasteiger partial charge in [-0.2, -0.15) is 0 Å². The van der Waals surface area contributed by atoms with Gasteiger partial charge >= 0.3 is 0 Å². The fourth-order valence-electron chi connectivity index (χ4n) is 1.60. The maximum absolute atomic E-state index is 12.2. The molecule has 0 atom stereocenters. The van der Waals surface area contributed by atoms with Crippen molar-refractivity contribution in [3.63, 3.8) is 0 Å². The Morgan fingerprint density at radius 3 is 2.23 bits per heavy atom. The zero-order chi connectivity index (χ0) is 17.0. The summed E-state index contributed by atoms with van der Waals surface area (Å²) >= 11 is 0. The van der Waals surface area contributed by atoms with Crippen molar-refractivity contribution in [3.05, 3.63) is 18.3 Å². The van der Waals surface area contributed by atoms with Crippen LogP contribution in [0, 0.1) is 5.41 Å².